The number of aromatic nitrogens is 2. The van der Waals surface area contributed by atoms with Gasteiger partial charge in [0.1, 0.15) is 11.5 Å². The van der Waals surface area contributed by atoms with Crippen molar-refractivity contribution < 1.29 is 23.4 Å². The Morgan fingerprint density at radius 3 is 2.80 bits per heavy atom. The minimum Gasteiger partial charge on any atom is -0.493 e. The van der Waals surface area contributed by atoms with Crippen molar-refractivity contribution in [3.63, 3.8) is 0 Å². The topological polar surface area (TPSA) is 75.8 Å². The van der Waals surface area contributed by atoms with E-state index in [9.17, 15) is 0 Å². The summed E-state index contributed by atoms with van der Waals surface area (Å²) >= 11 is 0. The number of hydrogen-bond donors (Lipinski definition) is 0. The highest BCUT2D eigenvalue weighted by Gasteiger charge is 2.16. The molecule has 0 aliphatic carbocycles. The molecule has 1 aliphatic rings. The van der Waals surface area contributed by atoms with Gasteiger partial charge in [0, 0.05) is 6.07 Å². The van der Waals surface area contributed by atoms with Crippen LogP contribution in [-0.2, 0) is 6.61 Å². The minimum atomic E-state index is 0.156. The monoisotopic (exact) mass is 340 g/mol. The summed E-state index contributed by atoms with van der Waals surface area (Å²) < 4.78 is 27.5. The highest BCUT2D eigenvalue weighted by Crippen LogP contribution is 2.35. The highest BCUT2D eigenvalue weighted by atomic mass is 16.7. The molecule has 1 aliphatic heterocycles. The summed E-state index contributed by atoms with van der Waals surface area (Å²) in [7, 11) is 0. The zero-order valence-corrected chi connectivity index (χ0v) is 13.6. The third-order valence-corrected chi connectivity index (χ3v) is 3.59. The third kappa shape index (κ3) is 3.21. The van der Waals surface area contributed by atoms with Crippen LogP contribution in [0.4, 0.5) is 0 Å². The van der Waals surface area contributed by atoms with Crippen molar-refractivity contribution in [2.24, 2.45) is 0 Å². The molecule has 0 unspecified atom stereocenters. The quantitative estimate of drug-likeness (QED) is 0.680. The third-order valence-electron chi connectivity index (χ3n) is 3.59. The van der Waals surface area contributed by atoms with E-state index in [0.717, 1.165) is 5.56 Å². The van der Waals surface area contributed by atoms with Crippen LogP contribution < -0.4 is 18.9 Å². The van der Waals surface area contributed by atoms with Gasteiger partial charge in [0.2, 0.25) is 6.79 Å². The molecular formula is C18H16N2O5. The normalized spacial score (nSPS) is 12.2. The van der Waals surface area contributed by atoms with E-state index in [4.69, 9.17) is 23.4 Å². The summed E-state index contributed by atoms with van der Waals surface area (Å²) in [6.45, 7) is 2.87. The fourth-order valence-corrected chi connectivity index (χ4v) is 2.46. The minimum absolute atomic E-state index is 0.156. The average Bonchev–Trinajstić information content (AvgIpc) is 3.29. The van der Waals surface area contributed by atoms with Crippen molar-refractivity contribution in [3.8, 4) is 34.5 Å². The highest BCUT2D eigenvalue weighted by molar-refractivity contribution is 5.62. The maximum atomic E-state index is 5.69. The van der Waals surface area contributed by atoms with Gasteiger partial charge in [-0.05, 0) is 31.2 Å². The Bertz CT molecular complexity index is 877. The number of rotatable bonds is 6. The van der Waals surface area contributed by atoms with Crippen molar-refractivity contribution in [1.82, 2.24) is 10.2 Å². The summed E-state index contributed by atoms with van der Waals surface area (Å²) in [4.78, 5) is 0. The molecule has 25 heavy (non-hydrogen) atoms. The zero-order chi connectivity index (χ0) is 17.1. The Kier molecular flexibility index (Phi) is 4.12. The molecular weight excluding hydrogens is 324 g/mol. The predicted octanol–water partition coefficient (Wildman–Crippen LogP) is 3.44. The molecule has 128 valence electrons. The van der Waals surface area contributed by atoms with Crippen LogP contribution in [0.15, 0.2) is 46.9 Å². The molecule has 3 aromatic rings. The van der Waals surface area contributed by atoms with Gasteiger partial charge in [0.15, 0.2) is 18.1 Å². The number of hydrogen-bond acceptors (Lipinski definition) is 7. The first kappa shape index (κ1) is 15.3. The lowest BCUT2D eigenvalue weighted by atomic mass is 10.2. The van der Waals surface area contributed by atoms with E-state index < -0.39 is 0 Å². The second kappa shape index (κ2) is 6.72. The number of nitrogens with zero attached hydrogens (tertiary/aromatic N) is 2. The SMILES string of the molecule is CCOc1ccccc1-c1nnc(COc2ccc3c(c2)OCO3)o1. The second-order valence-corrected chi connectivity index (χ2v) is 5.23. The van der Waals surface area contributed by atoms with Gasteiger partial charge in [0.05, 0.1) is 12.2 Å². The molecule has 0 radical (unpaired) electrons. The Morgan fingerprint density at radius 2 is 1.88 bits per heavy atom. The summed E-state index contributed by atoms with van der Waals surface area (Å²) in [6, 6.07) is 12.9. The first-order valence-electron chi connectivity index (χ1n) is 7.90. The van der Waals surface area contributed by atoms with Gasteiger partial charge in [-0.25, -0.2) is 0 Å². The number of para-hydroxylation sites is 1. The van der Waals surface area contributed by atoms with Crippen LogP contribution in [0, 0.1) is 0 Å². The van der Waals surface area contributed by atoms with E-state index in [2.05, 4.69) is 10.2 Å². The lowest BCUT2D eigenvalue weighted by Gasteiger charge is -2.06. The summed E-state index contributed by atoms with van der Waals surface area (Å²) in [5, 5.41) is 8.11. The van der Waals surface area contributed by atoms with E-state index in [-0.39, 0.29) is 13.4 Å². The van der Waals surface area contributed by atoms with Gasteiger partial charge in [-0.15, -0.1) is 10.2 Å². The van der Waals surface area contributed by atoms with E-state index in [1.54, 1.807) is 18.2 Å². The van der Waals surface area contributed by atoms with Crippen LogP contribution in [0.25, 0.3) is 11.5 Å². The van der Waals surface area contributed by atoms with Crippen LogP contribution >= 0.6 is 0 Å². The van der Waals surface area contributed by atoms with Crippen LogP contribution in [0.2, 0.25) is 0 Å². The van der Waals surface area contributed by atoms with Crippen molar-refractivity contribution in [2.45, 2.75) is 13.5 Å². The van der Waals surface area contributed by atoms with Crippen molar-refractivity contribution in [3.05, 3.63) is 48.4 Å². The van der Waals surface area contributed by atoms with Crippen molar-refractivity contribution in [1.29, 1.82) is 0 Å². The maximum absolute atomic E-state index is 5.69. The molecule has 4 rings (SSSR count). The largest absolute Gasteiger partial charge is 0.493 e. The lowest BCUT2D eigenvalue weighted by molar-refractivity contribution is 0.173. The standard InChI is InChI=1S/C18H16N2O5/c1-2-21-14-6-4-3-5-13(14)18-20-19-17(25-18)10-22-12-7-8-15-16(9-12)24-11-23-15/h3-9H,2,10-11H2,1H3. The van der Waals surface area contributed by atoms with Crippen LogP contribution in [-0.4, -0.2) is 23.6 Å². The van der Waals surface area contributed by atoms with Crippen LogP contribution in [0.1, 0.15) is 12.8 Å². The van der Waals surface area contributed by atoms with Gasteiger partial charge in [0.25, 0.3) is 11.8 Å². The van der Waals surface area contributed by atoms with E-state index in [1.165, 1.54) is 0 Å². The summed E-state index contributed by atoms with van der Waals surface area (Å²) in [5.74, 6) is 3.48. The molecule has 0 spiro atoms. The Balaban J connectivity index is 1.47. The van der Waals surface area contributed by atoms with Crippen molar-refractivity contribution >= 4 is 0 Å². The Hall–Kier alpha value is -3.22. The Morgan fingerprint density at radius 1 is 1.00 bits per heavy atom. The van der Waals surface area contributed by atoms with E-state index in [0.29, 0.717) is 41.4 Å². The zero-order valence-electron chi connectivity index (χ0n) is 13.6. The summed E-state index contributed by atoms with van der Waals surface area (Å²) in [5.41, 5.74) is 0.756. The molecule has 0 bridgehead atoms. The maximum Gasteiger partial charge on any atom is 0.254 e. The van der Waals surface area contributed by atoms with Crippen LogP contribution in [0.3, 0.4) is 0 Å². The van der Waals surface area contributed by atoms with E-state index >= 15 is 0 Å². The second-order valence-electron chi connectivity index (χ2n) is 5.23. The number of ether oxygens (including phenoxy) is 4. The molecule has 2 aromatic carbocycles. The smallest absolute Gasteiger partial charge is 0.254 e. The molecule has 2 heterocycles. The summed E-state index contributed by atoms with van der Waals surface area (Å²) in [6.07, 6.45) is 0. The average molecular weight is 340 g/mol. The molecule has 1 aromatic heterocycles. The molecule has 7 heteroatoms. The van der Waals surface area contributed by atoms with Gasteiger partial charge >= 0.3 is 0 Å². The van der Waals surface area contributed by atoms with Gasteiger partial charge in [-0.3, -0.25) is 0 Å². The molecule has 0 N–H and O–H groups in total. The molecule has 0 saturated carbocycles. The number of benzene rings is 2. The predicted molar refractivity (Wildman–Crippen MR) is 87.8 cm³/mol. The van der Waals surface area contributed by atoms with Gasteiger partial charge in [-0.1, -0.05) is 12.1 Å². The van der Waals surface area contributed by atoms with Gasteiger partial charge in [-0.2, -0.15) is 0 Å². The Labute approximate surface area is 144 Å². The fraction of sp³-hybridized carbons (Fsp3) is 0.222. The molecule has 0 amide bonds. The van der Waals surface area contributed by atoms with Gasteiger partial charge < -0.3 is 23.4 Å². The van der Waals surface area contributed by atoms with Crippen LogP contribution in [0.5, 0.6) is 23.0 Å². The lowest BCUT2D eigenvalue weighted by Crippen LogP contribution is -1.95. The number of fused-ring (bicyclic) bond motifs is 1. The fourth-order valence-electron chi connectivity index (χ4n) is 2.46. The first-order valence-corrected chi connectivity index (χ1v) is 7.90. The molecule has 0 saturated heterocycles. The molecule has 0 atom stereocenters. The molecule has 0 fully saturated rings. The first-order chi connectivity index (χ1) is 12.3. The molecule has 7 nitrogen and oxygen atoms in total. The van der Waals surface area contributed by atoms with E-state index in [1.807, 2.05) is 31.2 Å². The van der Waals surface area contributed by atoms with Crippen molar-refractivity contribution in [2.75, 3.05) is 13.4 Å².